The monoisotopic (exact) mass is 437 g/mol. The summed E-state index contributed by atoms with van der Waals surface area (Å²) in [5.41, 5.74) is 3.04. The van der Waals surface area contributed by atoms with Crippen molar-refractivity contribution in [3.8, 4) is 11.4 Å². The van der Waals surface area contributed by atoms with Crippen LogP contribution in [0.15, 0.2) is 71.8 Å². The number of hydrogen-bond donors (Lipinski definition) is 1. The Labute approximate surface area is 182 Å². The average Bonchev–Trinajstić information content (AvgIpc) is 2.75. The molecule has 4 aromatic rings. The third-order valence-electron chi connectivity index (χ3n) is 4.45. The molecule has 1 aromatic heterocycles. The minimum absolute atomic E-state index is 0.113. The van der Waals surface area contributed by atoms with E-state index in [1.807, 2.05) is 43.3 Å². The Morgan fingerprint density at radius 1 is 1.07 bits per heavy atom. The first-order valence-corrected chi connectivity index (χ1v) is 10.6. The Hall–Kier alpha value is -2.96. The van der Waals surface area contributed by atoms with Crippen molar-refractivity contribution in [2.75, 3.05) is 11.1 Å². The minimum atomic E-state index is -0.376. The van der Waals surface area contributed by atoms with Crippen LogP contribution in [-0.2, 0) is 4.79 Å². The standard InChI is InChI=1S/C23H17ClFN3OS/c1-14-7-9-17(12-19(14)24)26-21(29)13-30-23-18-11-16(25)8-10-20(18)27-22(28-23)15-5-3-2-4-6-15/h2-12H,13H2,1H3,(H,26,29). The second-order valence-corrected chi connectivity index (χ2v) is 8.05. The summed E-state index contributed by atoms with van der Waals surface area (Å²) in [5, 5.41) is 4.54. The number of nitrogens with one attached hydrogen (secondary N) is 1. The zero-order valence-corrected chi connectivity index (χ0v) is 17.6. The zero-order valence-electron chi connectivity index (χ0n) is 16.0. The molecule has 0 bridgehead atoms. The molecule has 0 saturated carbocycles. The van der Waals surface area contributed by atoms with E-state index in [0.29, 0.717) is 32.5 Å². The van der Waals surface area contributed by atoms with Gasteiger partial charge in [-0.15, -0.1) is 0 Å². The summed E-state index contributed by atoms with van der Waals surface area (Å²) in [4.78, 5) is 21.6. The van der Waals surface area contributed by atoms with Crippen molar-refractivity contribution >= 4 is 45.9 Å². The van der Waals surface area contributed by atoms with Gasteiger partial charge >= 0.3 is 0 Å². The van der Waals surface area contributed by atoms with Gasteiger partial charge in [-0.05, 0) is 42.8 Å². The van der Waals surface area contributed by atoms with E-state index in [-0.39, 0.29) is 17.5 Å². The van der Waals surface area contributed by atoms with Crippen molar-refractivity contribution in [3.05, 3.63) is 83.1 Å². The van der Waals surface area contributed by atoms with E-state index >= 15 is 0 Å². The van der Waals surface area contributed by atoms with E-state index in [4.69, 9.17) is 11.6 Å². The third-order valence-corrected chi connectivity index (χ3v) is 5.85. The summed E-state index contributed by atoms with van der Waals surface area (Å²) in [5.74, 6) is 0.0639. The number of fused-ring (bicyclic) bond motifs is 1. The van der Waals surface area contributed by atoms with Gasteiger partial charge in [-0.1, -0.05) is 59.8 Å². The van der Waals surface area contributed by atoms with Crippen LogP contribution in [0.4, 0.5) is 10.1 Å². The highest BCUT2D eigenvalue weighted by molar-refractivity contribution is 8.00. The van der Waals surface area contributed by atoms with E-state index in [2.05, 4.69) is 15.3 Å². The molecule has 0 aliphatic heterocycles. The minimum Gasteiger partial charge on any atom is -0.325 e. The van der Waals surface area contributed by atoms with Gasteiger partial charge in [0.15, 0.2) is 5.82 Å². The van der Waals surface area contributed by atoms with Gasteiger partial charge in [0, 0.05) is 21.7 Å². The molecule has 30 heavy (non-hydrogen) atoms. The predicted molar refractivity (Wildman–Crippen MR) is 120 cm³/mol. The van der Waals surface area contributed by atoms with Crippen molar-refractivity contribution in [2.24, 2.45) is 0 Å². The number of thioether (sulfide) groups is 1. The van der Waals surface area contributed by atoms with Crippen LogP contribution in [0, 0.1) is 12.7 Å². The number of aromatic nitrogens is 2. The lowest BCUT2D eigenvalue weighted by Gasteiger charge is -2.10. The van der Waals surface area contributed by atoms with Crippen molar-refractivity contribution in [3.63, 3.8) is 0 Å². The molecule has 4 rings (SSSR count). The lowest BCUT2D eigenvalue weighted by Crippen LogP contribution is -2.14. The molecule has 150 valence electrons. The van der Waals surface area contributed by atoms with Crippen LogP contribution < -0.4 is 5.32 Å². The average molecular weight is 438 g/mol. The highest BCUT2D eigenvalue weighted by Crippen LogP contribution is 2.29. The molecule has 0 unspecified atom stereocenters. The predicted octanol–water partition coefficient (Wildman–Crippen LogP) is 6.13. The maximum atomic E-state index is 13.8. The van der Waals surface area contributed by atoms with Crippen molar-refractivity contribution < 1.29 is 9.18 Å². The maximum Gasteiger partial charge on any atom is 0.234 e. The SMILES string of the molecule is Cc1ccc(NC(=O)CSc2nc(-c3ccccc3)nc3ccc(F)cc23)cc1Cl. The molecule has 3 aromatic carbocycles. The fourth-order valence-electron chi connectivity index (χ4n) is 2.90. The fourth-order valence-corrected chi connectivity index (χ4v) is 3.89. The van der Waals surface area contributed by atoms with Crippen LogP contribution in [0.5, 0.6) is 0 Å². The zero-order chi connectivity index (χ0) is 21.1. The number of nitrogens with zero attached hydrogens (tertiary/aromatic N) is 2. The van der Waals surface area contributed by atoms with Crippen LogP contribution in [0.25, 0.3) is 22.3 Å². The molecule has 1 N–H and O–H groups in total. The number of carbonyl (C=O) groups excluding carboxylic acids is 1. The number of carbonyl (C=O) groups is 1. The van der Waals surface area contributed by atoms with Gasteiger partial charge in [-0.3, -0.25) is 4.79 Å². The van der Waals surface area contributed by atoms with Crippen molar-refractivity contribution in [1.82, 2.24) is 9.97 Å². The highest BCUT2D eigenvalue weighted by Gasteiger charge is 2.13. The number of anilines is 1. The van der Waals surface area contributed by atoms with E-state index in [0.717, 1.165) is 11.1 Å². The quantitative estimate of drug-likeness (QED) is 0.301. The topological polar surface area (TPSA) is 54.9 Å². The van der Waals surface area contributed by atoms with E-state index < -0.39 is 0 Å². The molecule has 0 aliphatic carbocycles. The summed E-state index contributed by atoms with van der Waals surface area (Å²) in [7, 11) is 0. The first-order chi connectivity index (χ1) is 14.5. The van der Waals surface area contributed by atoms with Crippen LogP contribution in [0.1, 0.15) is 5.56 Å². The van der Waals surface area contributed by atoms with Crippen molar-refractivity contribution in [2.45, 2.75) is 11.9 Å². The summed E-state index contributed by atoms with van der Waals surface area (Å²) in [6.07, 6.45) is 0. The Bertz CT molecular complexity index is 1230. The van der Waals surface area contributed by atoms with Gasteiger partial charge in [0.1, 0.15) is 10.8 Å². The normalized spacial score (nSPS) is 10.9. The van der Waals surface area contributed by atoms with E-state index in [1.54, 1.807) is 18.2 Å². The Morgan fingerprint density at radius 2 is 1.87 bits per heavy atom. The number of halogens is 2. The fraction of sp³-hybridized carbons (Fsp3) is 0.0870. The maximum absolute atomic E-state index is 13.8. The van der Waals surface area contributed by atoms with Gasteiger partial charge in [0.25, 0.3) is 0 Å². The molecule has 0 radical (unpaired) electrons. The van der Waals surface area contributed by atoms with Crippen LogP contribution >= 0.6 is 23.4 Å². The summed E-state index contributed by atoms with van der Waals surface area (Å²) in [6, 6.07) is 19.3. The van der Waals surface area contributed by atoms with Gasteiger partial charge in [0.05, 0.1) is 11.3 Å². The lowest BCUT2D eigenvalue weighted by molar-refractivity contribution is -0.113. The summed E-state index contributed by atoms with van der Waals surface area (Å²) < 4.78 is 13.8. The molecule has 1 heterocycles. The molecular formula is C23H17ClFN3OS. The first-order valence-electron chi connectivity index (χ1n) is 9.21. The Balaban J connectivity index is 1.59. The molecule has 0 spiro atoms. The Kier molecular flexibility index (Phi) is 5.97. The number of rotatable bonds is 5. The van der Waals surface area contributed by atoms with Gasteiger partial charge in [-0.25, -0.2) is 14.4 Å². The molecule has 1 amide bonds. The first kappa shape index (κ1) is 20.3. The van der Waals surface area contributed by atoms with Crippen LogP contribution in [0.3, 0.4) is 0 Å². The van der Waals surface area contributed by atoms with Gasteiger partial charge in [-0.2, -0.15) is 0 Å². The Morgan fingerprint density at radius 3 is 2.63 bits per heavy atom. The number of amides is 1. The largest absolute Gasteiger partial charge is 0.325 e. The van der Waals surface area contributed by atoms with E-state index in [1.165, 1.54) is 23.9 Å². The molecule has 0 fully saturated rings. The second-order valence-electron chi connectivity index (χ2n) is 6.68. The molecule has 0 saturated heterocycles. The summed E-state index contributed by atoms with van der Waals surface area (Å²) in [6.45, 7) is 1.90. The molecule has 4 nitrogen and oxygen atoms in total. The lowest BCUT2D eigenvalue weighted by atomic mass is 10.2. The van der Waals surface area contributed by atoms with Crippen molar-refractivity contribution in [1.29, 1.82) is 0 Å². The molecular weight excluding hydrogens is 421 g/mol. The smallest absolute Gasteiger partial charge is 0.234 e. The number of hydrogen-bond acceptors (Lipinski definition) is 4. The third kappa shape index (κ3) is 4.61. The molecule has 7 heteroatoms. The highest BCUT2D eigenvalue weighted by atomic mass is 35.5. The van der Waals surface area contributed by atoms with Crippen LogP contribution in [-0.4, -0.2) is 21.6 Å². The second kappa shape index (κ2) is 8.81. The molecule has 0 atom stereocenters. The van der Waals surface area contributed by atoms with Gasteiger partial charge in [0.2, 0.25) is 5.91 Å². The van der Waals surface area contributed by atoms with E-state index in [9.17, 15) is 9.18 Å². The number of benzene rings is 3. The number of aryl methyl sites for hydroxylation is 1. The van der Waals surface area contributed by atoms with Gasteiger partial charge < -0.3 is 5.32 Å². The summed E-state index contributed by atoms with van der Waals surface area (Å²) >= 11 is 7.36. The van der Waals surface area contributed by atoms with Crippen LogP contribution in [0.2, 0.25) is 5.02 Å². The molecule has 0 aliphatic rings.